The smallest absolute Gasteiger partial charge is 0.324 e. The van der Waals surface area contributed by atoms with E-state index in [1.807, 2.05) is 0 Å². The van der Waals surface area contributed by atoms with Gasteiger partial charge in [-0.1, -0.05) is 19.8 Å². The molecule has 9 nitrogen and oxygen atoms in total. The number of carbonyl (C=O) groups excluding carboxylic acids is 3. The Balaban J connectivity index is 1.65. The van der Waals surface area contributed by atoms with Crippen molar-refractivity contribution in [2.45, 2.75) is 51.5 Å². The minimum absolute atomic E-state index is 0.113. The van der Waals surface area contributed by atoms with E-state index >= 15 is 0 Å². The van der Waals surface area contributed by atoms with Gasteiger partial charge >= 0.3 is 6.03 Å². The molecule has 176 valence electrons. The highest BCUT2D eigenvalue weighted by Crippen LogP contribution is 2.40. The van der Waals surface area contributed by atoms with Crippen molar-refractivity contribution in [1.82, 2.24) is 10.2 Å². The van der Waals surface area contributed by atoms with Gasteiger partial charge in [0.25, 0.3) is 0 Å². The van der Waals surface area contributed by atoms with Crippen LogP contribution < -0.4 is 24.8 Å². The van der Waals surface area contributed by atoms with Crippen LogP contribution in [0.5, 0.6) is 17.2 Å². The molecule has 1 aliphatic heterocycles. The quantitative estimate of drug-likeness (QED) is 0.563. The molecule has 0 radical (unpaired) electrons. The molecule has 0 spiro atoms. The van der Waals surface area contributed by atoms with E-state index in [2.05, 4.69) is 17.6 Å². The van der Waals surface area contributed by atoms with Crippen molar-refractivity contribution < 1.29 is 28.6 Å². The summed E-state index contributed by atoms with van der Waals surface area (Å²) in [5.41, 5.74) is 0.525. The number of hydrogen-bond acceptors (Lipinski definition) is 6. The molecule has 3 atom stereocenters. The molecule has 2 aliphatic rings. The van der Waals surface area contributed by atoms with E-state index in [0.717, 1.165) is 19.3 Å². The molecule has 2 N–H and O–H groups in total. The van der Waals surface area contributed by atoms with Crippen molar-refractivity contribution >= 4 is 23.5 Å². The number of amides is 4. The summed E-state index contributed by atoms with van der Waals surface area (Å²) >= 11 is 0. The molecule has 9 heteroatoms. The number of urea groups is 1. The Morgan fingerprint density at radius 2 is 1.78 bits per heavy atom. The summed E-state index contributed by atoms with van der Waals surface area (Å²) in [6, 6.07) is 2.68. The van der Waals surface area contributed by atoms with Crippen LogP contribution in [0.2, 0.25) is 0 Å². The fraction of sp³-hybridized carbons (Fsp3) is 0.609. The highest BCUT2D eigenvalue weighted by Gasteiger charge is 2.45. The van der Waals surface area contributed by atoms with Crippen LogP contribution in [0, 0.1) is 11.8 Å². The highest BCUT2D eigenvalue weighted by atomic mass is 16.5. The largest absolute Gasteiger partial charge is 0.493 e. The Hall–Kier alpha value is -2.97. The lowest BCUT2D eigenvalue weighted by Crippen LogP contribution is -2.62. The molecule has 1 aromatic rings. The van der Waals surface area contributed by atoms with E-state index in [1.165, 1.54) is 26.2 Å². The van der Waals surface area contributed by atoms with Crippen molar-refractivity contribution in [3.8, 4) is 17.2 Å². The van der Waals surface area contributed by atoms with Crippen LogP contribution in [0.4, 0.5) is 10.5 Å². The summed E-state index contributed by atoms with van der Waals surface area (Å²) in [7, 11) is 4.54. The third-order valence-corrected chi connectivity index (χ3v) is 6.28. The van der Waals surface area contributed by atoms with Crippen LogP contribution in [-0.4, -0.2) is 56.7 Å². The molecule has 1 heterocycles. The van der Waals surface area contributed by atoms with Crippen LogP contribution in [-0.2, 0) is 9.59 Å². The summed E-state index contributed by atoms with van der Waals surface area (Å²) < 4.78 is 16.0. The number of rotatable bonds is 9. The first-order valence-electron chi connectivity index (χ1n) is 11.2. The summed E-state index contributed by atoms with van der Waals surface area (Å²) in [6.45, 7) is 2.53. The van der Waals surface area contributed by atoms with Gasteiger partial charge in [-0.2, -0.15) is 0 Å². The van der Waals surface area contributed by atoms with E-state index in [1.54, 1.807) is 12.1 Å². The van der Waals surface area contributed by atoms with Crippen LogP contribution in [0.1, 0.15) is 45.4 Å². The summed E-state index contributed by atoms with van der Waals surface area (Å²) in [5.74, 6) is 0.483. The molecule has 4 amide bonds. The van der Waals surface area contributed by atoms with Crippen LogP contribution in [0.15, 0.2) is 12.1 Å². The van der Waals surface area contributed by atoms with Gasteiger partial charge in [0.1, 0.15) is 0 Å². The minimum Gasteiger partial charge on any atom is -0.493 e. The Morgan fingerprint density at radius 3 is 2.38 bits per heavy atom. The van der Waals surface area contributed by atoms with Gasteiger partial charge in [0.05, 0.1) is 27.2 Å². The first kappa shape index (κ1) is 23.7. The molecule has 0 bridgehead atoms. The van der Waals surface area contributed by atoms with E-state index in [-0.39, 0.29) is 35.7 Å². The van der Waals surface area contributed by atoms with Gasteiger partial charge in [0.15, 0.2) is 11.5 Å². The second-order valence-corrected chi connectivity index (χ2v) is 8.27. The predicted molar refractivity (Wildman–Crippen MR) is 119 cm³/mol. The Morgan fingerprint density at radius 1 is 1.09 bits per heavy atom. The summed E-state index contributed by atoms with van der Waals surface area (Å²) in [6.07, 6.45) is 4.41. The molecule has 1 aliphatic carbocycles. The molecular weight excluding hydrogens is 414 g/mol. The molecule has 1 saturated carbocycles. The van der Waals surface area contributed by atoms with E-state index in [4.69, 9.17) is 14.2 Å². The van der Waals surface area contributed by atoms with E-state index in [0.29, 0.717) is 48.7 Å². The fourth-order valence-corrected chi connectivity index (χ4v) is 4.53. The fourth-order valence-electron chi connectivity index (χ4n) is 4.53. The second kappa shape index (κ2) is 10.6. The maximum Gasteiger partial charge on any atom is 0.324 e. The zero-order valence-corrected chi connectivity index (χ0v) is 19.2. The molecular formula is C23H33N3O6. The molecule has 2 fully saturated rings. The monoisotopic (exact) mass is 447 g/mol. The van der Waals surface area contributed by atoms with Gasteiger partial charge in [-0.05, 0) is 25.7 Å². The van der Waals surface area contributed by atoms with E-state index < -0.39 is 0 Å². The number of fused-ring (bicyclic) bond motifs is 1. The maximum absolute atomic E-state index is 13.0. The molecule has 1 saturated heterocycles. The molecule has 3 unspecified atom stereocenters. The SMILES string of the molecule is CCCCCN1C(=O)NC2CC(C(=O)Nc3cc(OC)c(OC)c(OC)c3)CCC2C1=O. The Bertz CT molecular complexity index is 833. The predicted octanol–water partition coefficient (Wildman–Crippen LogP) is 3.18. The lowest BCUT2D eigenvalue weighted by Gasteiger charge is -2.42. The highest BCUT2D eigenvalue weighted by molar-refractivity contribution is 5.99. The third kappa shape index (κ3) is 4.92. The molecule has 3 rings (SSSR count). The number of nitrogens with one attached hydrogen (secondary N) is 2. The minimum atomic E-state index is -0.349. The topological polar surface area (TPSA) is 106 Å². The van der Waals surface area contributed by atoms with Crippen LogP contribution in [0.3, 0.4) is 0 Å². The van der Waals surface area contributed by atoms with Gasteiger partial charge < -0.3 is 24.8 Å². The number of ether oxygens (including phenoxy) is 3. The van der Waals surface area contributed by atoms with E-state index in [9.17, 15) is 14.4 Å². The van der Waals surface area contributed by atoms with Gasteiger partial charge in [0.2, 0.25) is 17.6 Å². The number of unbranched alkanes of at least 4 members (excludes halogenated alkanes) is 2. The standard InChI is InChI=1S/C23H33N3O6/c1-5-6-7-10-26-22(28)16-9-8-14(11-17(16)25-23(26)29)21(27)24-15-12-18(30-2)20(32-4)19(13-15)31-3/h12-14,16-17H,5-11H2,1-4H3,(H,24,27)(H,25,29). The average molecular weight is 448 g/mol. The second-order valence-electron chi connectivity index (χ2n) is 8.27. The number of nitrogens with zero attached hydrogens (tertiary/aromatic N) is 1. The van der Waals surface area contributed by atoms with Crippen molar-refractivity contribution in [3.63, 3.8) is 0 Å². The van der Waals surface area contributed by atoms with Gasteiger partial charge in [-0.15, -0.1) is 0 Å². The van der Waals surface area contributed by atoms with Crippen molar-refractivity contribution in [2.75, 3.05) is 33.2 Å². The first-order valence-corrected chi connectivity index (χ1v) is 11.2. The number of hydrogen-bond donors (Lipinski definition) is 2. The zero-order valence-electron chi connectivity index (χ0n) is 19.2. The lowest BCUT2D eigenvalue weighted by atomic mass is 9.76. The Labute approximate surface area is 188 Å². The molecule has 0 aromatic heterocycles. The molecule has 1 aromatic carbocycles. The van der Waals surface area contributed by atoms with Crippen molar-refractivity contribution in [3.05, 3.63) is 12.1 Å². The van der Waals surface area contributed by atoms with Crippen LogP contribution in [0.25, 0.3) is 0 Å². The average Bonchev–Trinajstić information content (AvgIpc) is 2.80. The number of methoxy groups -OCH3 is 3. The van der Waals surface area contributed by atoms with Crippen molar-refractivity contribution in [1.29, 1.82) is 0 Å². The van der Waals surface area contributed by atoms with Gasteiger partial charge in [-0.3, -0.25) is 14.5 Å². The van der Waals surface area contributed by atoms with Gasteiger partial charge in [-0.25, -0.2) is 4.79 Å². The molecule has 32 heavy (non-hydrogen) atoms. The summed E-state index contributed by atoms with van der Waals surface area (Å²) in [5, 5.41) is 5.87. The Kier molecular flexibility index (Phi) is 7.82. The van der Waals surface area contributed by atoms with Crippen LogP contribution >= 0.6 is 0 Å². The van der Waals surface area contributed by atoms with Crippen molar-refractivity contribution in [2.24, 2.45) is 11.8 Å². The third-order valence-electron chi connectivity index (χ3n) is 6.28. The number of benzene rings is 1. The summed E-state index contributed by atoms with van der Waals surface area (Å²) in [4.78, 5) is 39.6. The zero-order chi connectivity index (χ0) is 23.3. The maximum atomic E-state index is 13.0. The number of anilines is 1. The normalized spacial score (nSPS) is 22.6. The lowest BCUT2D eigenvalue weighted by molar-refractivity contribution is -0.138. The first-order chi connectivity index (χ1) is 15.4. The number of carbonyl (C=O) groups is 3. The van der Waals surface area contributed by atoms with Gasteiger partial charge in [0, 0.05) is 36.3 Å². The number of imide groups is 1.